The van der Waals surface area contributed by atoms with E-state index in [1.807, 2.05) is 24.3 Å². The summed E-state index contributed by atoms with van der Waals surface area (Å²) in [5.74, 6) is 1.24. The van der Waals surface area contributed by atoms with Gasteiger partial charge in [0, 0.05) is 29.7 Å². The van der Waals surface area contributed by atoms with Crippen molar-refractivity contribution in [2.45, 2.75) is 13.8 Å². The fourth-order valence-electron chi connectivity index (χ4n) is 2.41. The standard InChI is InChI=1S/C18H17BrClN3O2S/c1-3-23(4-2)16-8-6-12(25-16)10-15-17(24)22-18(26-15)21-11-5-7-13(19)14(20)9-11/h5-10H,3-4H2,1-2H3,(H,21,22,24)/b15-10-. The second kappa shape index (κ2) is 8.33. The van der Waals surface area contributed by atoms with E-state index in [4.69, 9.17) is 16.0 Å². The minimum absolute atomic E-state index is 0.197. The maximum absolute atomic E-state index is 12.2. The molecule has 8 heteroatoms. The second-order valence-corrected chi connectivity index (χ2v) is 7.72. The molecule has 1 fully saturated rings. The number of hydrogen-bond acceptors (Lipinski definition) is 5. The molecule has 0 aliphatic carbocycles. The first kappa shape index (κ1) is 19.1. The topological polar surface area (TPSA) is 57.8 Å². The van der Waals surface area contributed by atoms with E-state index in [1.54, 1.807) is 12.1 Å². The summed E-state index contributed by atoms with van der Waals surface area (Å²) in [6.07, 6.45) is 1.73. The van der Waals surface area contributed by atoms with E-state index in [-0.39, 0.29) is 5.91 Å². The molecule has 0 spiro atoms. The van der Waals surface area contributed by atoms with E-state index in [9.17, 15) is 4.79 Å². The number of hydrogen-bond donors (Lipinski definition) is 1. The van der Waals surface area contributed by atoms with Gasteiger partial charge in [-0.2, -0.15) is 0 Å². The number of aliphatic imine (C=N–C) groups is 1. The van der Waals surface area contributed by atoms with Crippen molar-refractivity contribution in [3.8, 4) is 0 Å². The lowest BCUT2D eigenvalue weighted by atomic mass is 10.3. The van der Waals surface area contributed by atoms with E-state index in [0.29, 0.717) is 26.5 Å². The maximum atomic E-state index is 12.2. The largest absolute Gasteiger partial charge is 0.441 e. The Kier molecular flexibility index (Phi) is 6.11. The fourth-order valence-corrected chi connectivity index (χ4v) is 3.65. The van der Waals surface area contributed by atoms with Crippen LogP contribution in [0.4, 0.5) is 11.6 Å². The van der Waals surface area contributed by atoms with Gasteiger partial charge in [0.15, 0.2) is 11.1 Å². The molecule has 136 valence electrons. The molecule has 0 radical (unpaired) electrons. The first-order valence-electron chi connectivity index (χ1n) is 8.09. The number of carbonyl (C=O) groups excluding carboxylic acids is 1. The Balaban J connectivity index is 1.78. The summed E-state index contributed by atoms with van der Waals surface area (Å²) in [5.41, 5.74) is 0.670. The van der Waals surface area contributed by atoms with Gasteiger partial charge in [0.2, 0.25) is 0 Å². The van der Waals surface area contributed by atoms with Crippen LogP contribution in [0.1, 0.15) is 19.6 Å². The van der Waals surface area contributed by atoms with Crippen molar-refractivity contribution in [1.82, 2.24) is 5.32 Å². The van der Waals surface area contributed by atoms with Crippen LogP contribution in [0.15, 0.2) is 49.1 Å². The Morgan fingerprint density at radius 1 is 1.31 bits per heavy atom. The molecular formula is C18H17BrClN3O2S. The number of anilines is 1. The van der Waals surface area contributed by atoms with Crippen molar-refractivity contribution in [3.63, 3.8) is 0 Å². The van der Waals surface area contributed by atoms with Crippen LogP contribution in [0.3, 0.4) is 0 Å². The van der Waals surface area contributed by atoms with Crippen LogP contribution in [-0.4, -0.2) is 24.2 Å². The number of carbonyl (C=O) groups is 1. The van der Waals surface area contributed by atoms with E-state index in [2.05, 4.69) is 45.0 Å². The number of thioether (sulfide) groups is 1. The van der Waals surface area contributed by atoms with E-state index < -0.39 is 0 Å². The highest BCUT2D eigenvalue weighted by Crippen LogP contribution is 2.31. The quantitative estimate of drug-likeness (QED) is 0.612. The van der Waals surface area contributed by atoms with Crippen LogP contribution < -0.4 is 10.2 Å². The Morgan fingerprint density at radius 2 is 2.08 bits per heavy atom. The SMILES string of the molecule is CCN(CC)c1ccc(/C=C2\SC(=Nc3ccc(Br)c(Cl)c3)NC2=O)o1. The molecule has 1 N–H and O–H groups in total. The van der Waals surface area contributed by atoms with Gasteiger partial charge in [-0.1, -0.05) is 11.6 Å². The van der Waals surface area contributed by atoms with Crippen LogP contribution in [0.5, 0.6) is 0 Å². The Hall–Kier alpha value is -1.70. The highest BCUT2D eigenvalue weighted by Gasteiger charge is 2.24. The first-order valence-corrected chi connectivity index (χ1v) is 10.1. The zero-order chi connectivity index (χ0) is 18.7. The lowest BCUT2D eigenvalue weighted by Gasteiger charge is -2.16. The molecule has 5 nitrogen and oxygen atoms in total. The Labute approximate surface area is 169 Å². The third-order valence-electron chi connectivity index (χ3n) is 3.75. The van der Waals surface area contributed by atoms with Crippen molar-refractivity contribution in [1.29, 1.82) is 0 Å². The van der Waals surface area contributed by atoms with Crippen LogP contribution in [0.2, 0.25) is 5.02 Å². The maximum Gasteiger partial charge on any atom is 0.264 e. The van der Waals surface area contributed by atoms with E-state index >= 15 is 0 Å². The number of rotatable bonds is 5. The fraction of sp³-hybridized carbons (Fsp3) is 0.222. The minimum Gasteiger partial charge on any atom is -0.441 e. The molecule has 0 bridgehead atoms. The molecular weight excluding hydrogens is 438 g/mol. The molecule has 1 aromatic carbocycles. The van der Waals surface area contributed by atoms with E-state index in [0.717, 1.165) is 23.4 Å². The molecule has 2 heterocycles. The van der Waals surface area contributed by atoms with Crippen molar-refractivity contribution in [2.24, 2.45) is 4.99 Å². The summed E-state index contributed by atoms with van der Waals surface area (Å²) in [6.45, 7) is 5.87. The first-order chi connectivity index (χ1) is 12.5. The molecule has 26 heavy (non-hydrogen) atoms. The minimum atomic E-state index is -0.197. The zero-order valence-electron chi connectivity index (χ0n) is 14.3. The normalized spacial score (nSPS) is 17.2. The van der Waals surface area contributed by atoms with Crippen LogP contribution in [-0.2, 0) is 4.79 Å². The van der Waals surface area contributed by atoms with Crippen LogP contribution in [0.25, 0.3) is 6.08 Å². The number of nitrogens with one attached hydrogen (secondary N) is 1. The highest BCUT2D eigenvalue weighted by atomic mass is 79.9. The molecule has 1 saturated heterocycles. The van der Waals surface area contributed by atoms with Crippen LogP contribution >= 0.6 is 39.3 Å². The predicted octanol–water partition coefficient (Wildman–Crippen LogP) is 5.43. The van der Waals surface area contributed by atoms with Crippen molar-refractivity contribution >= 4 is 68.0 Å². The summed E-state index contributed by atoms with van der Waals surface area (Å²) in [4.78, 5) is 19.3. The van der Waals surface area contributed by atoms with E-state index in [1.165, 1.54) is 11.8 Å². The third kappa shape index (κ3) is 4.34. The van der Waals surface area contributed by atoms with Gasteiger partial charge in [-0.25, -0.2) is 4.99 Å². The smallest absolute Gasteiger partial charge is 0.264 e. The van der Waals surface area contributed by atoms with Crippen molar-refractivity contribution in [3.05, 3.63) is 50.5 Å². The summed E-state index contributed by atoms with van der Waals surface area (Å²) < 4.78 is 6.61. The molecule has 2 aromatic rings. The molecule has 1 aromatic heterocycles. The number of furan rings is 1. The highest BCUT2D eigenvalue weighted by molar-refractivity contribution is 9.10. The van der Waals surface area contributed by atoms with Gasteiger partial charge in [0.25, 0.3) is 5.91 Å². The molecule has 0 atom stereocenters. The molecule has 1 aliphatic rings. The van der Waals surface area contributed by atoms with Gasteiger partial charge < -0.3 is 14.6 Å². The summed E-state index contributed by atoms with van der Waals surface area (Å²) >= 11 is 10.7. The van der Waals surface area contributed by atoms with Gasteiger partial charge in [-0.05, 0) is 65.8 Å². The number of benzene rings is 1. The van der Waals surface area contributed by atoms with Crippen molar-refractivity contribution in [2.75, 3.05) is 18.0 Å². The number of amides is 1. The average Bonchev–Trinajstić information content (AvgIpc) is 3.20. The molecule has 3 rings (SSSR count). The summed E-state index contributed by atoms with van der Waals surface area (Å²) in [6, 6.07) is 9.14. The van der Waals surface area contributed by atoms with Crippen molar-refractivity contribution < 1.29 is 9.21 Å². The van der Waals surface area contributed by atoms with Gasteiger partial charge in [-0.15, -0.1) is 0 Å². The lowest BCUT2D eigenvalue weighted by Crippen LogP contribution is -2.20. The second-order valence-electron chi connectivity index (χ2n) is 5.43. The Bertz CT molecular complexity index is 890. The van der Waals surface area contributed by atoms with Gasteiger partial charge in [0.05, 0.1) is 15.6 Å². The molecule has 1 amide bonds. The van der Waals surface area contributed by atoms with Gasteiger partial charge >= 0.3 is 0 Å². The summed E-state index contributed by atoms with van der Waals surface area (Å²) in [5, 5.41) is 3.83. The average molecular weight is 455 g/mol. The Morgan fingerprint density at radius 3 is 2.77 bits per heavy atom. The molecule has 0 unspecified atom stereocenters. The summed E-state index contributed by atoms with van der Waals surface area (Å²) in [7, 11) is 0. The van der Waals surface area contributed by atoms with Crippen LogP contribution in [0, 0.1) is 0 Å². The molecule has 1 aliphatic heterocycles. The number of amidine groups is 1. The number of nitrogens with zero attached hydrogens (tertiary/aromatic N) is 2. The third-order valence-corrected chi connectivity index (χ3v) is 5.89. The van der Waals surface area contributed by atoms with Gasteiger partial charge in [-0.3, -0.25) is 4.79 Å². The lowest BCUT2D eigenvalue weighted by molar-refractivity contribution is -0.115. The molecule has 0 saturated carbocycles. The number of halogens is 2. The monoisotopic (exact) mass is 453 g/mol. The van der Waals surface area contributed by atoms with Gasteiger partial charge in [0.1, 0.15) is 5.76 Å². The zero-order valence-corrected chi connectivity index (χ0v) is 17.4. The predicted molar refractivity (Wildman–Crippen MR) is 112 cm³/mol.